The summed E-state index contributed by atoms with van der Waals surface area (Å²) < 4.78 is 24.7. The Hall–Kier alpha value is -2.21. The van der Waals surface area contributed by atoms with Crippen molar-refractivity contribution in [3.05, 3.63) is 41.2 Å². The topological polar surface area (TPSA) is 92.3 Å². The number of likely N-dealkylation sites (tertiary alicyclic amines) is 1. The van der Waals surface area contributed by atoms with Crippen LogP contribution in [0.3, 0.4) is 0 Å². The number of allylic oxidation sites excluding steroid dienone is 2. The number of hydrogen-bond donors (Lipinski definition) is 2. The first-order valence-corrected chi connectivity index (χ1v) is 11.1. The Balaban J connectivity index is 0.00000259. The first-order valence-electron chi connectivity index (χ1n) is 11.1. The predicted octanol–water partition coefficient (Wildman–Crippen LogP) is 1.82. The minimum atomic E-state index is -0.316. The molecule has 4 unspecified atom stereocenters. The normalized spacial score (nSPS) is 27.2. The van der Waals surface area contributed by atoms with E-state index < -0.39 is 0 Å². The van der Waals surface area contributed by atoms with E-state index in [0.29, 0.717) is 49.9 Å². The van der Waals surface area contributed by atoms with E-state index >= 15 is 0 Å². The number of ether oxygens (including phenoxy) is 2. The average Bonchev–Trinajstić information content (AvgIpc) is 3.47. The molecule has 1 saturated heterocycles. The van der Waals surface area contributed by atoms with Gasteiger partial charge in [0.15, 0.2) is 12.8 Å². The maximum atomic E-state index is 13.9. The summed E-state index contributed by atoms with van der Waals surface area (Å²) in [5, 5.41) is 6.34. The van der Waals surface area contributed by atoms with Crippen molar-refractivity contribution in [1.29, 1.82) is 0 Å². The second-order valence-corrected chi connectivity index (χ2v) is 8.67. The molecular formula is C23H28FIN4O4. The Bertz CT molecular complexity index is 971. The lowest BCUT2D eigenvalue weighted by atomic mass is 9.85. The van der Waals surface area contributed by atoms with Crippen LogP contribution in [-0.4, -0.2) is 56.1 Å². The van der Waals surface area contributed by atoms with Crippen LogP contribution in [-0.2, 0) is 27.4 Å². The zero-order valence-electron chi connectivity index (χ0n) is 18.4. The minimum absolute atomic E-state index is 0. The van der Waals surface area contributed by atoms with Gasteiger partial charge < -0.3 is 20.1 Å². The van der Waals surface area contributed by atoms with E-state index in [9.17, 15) is 14.0 Å². The number of carbonyl (C=O) groups is 2. The number of halogens is 2. The first kappa shape index (κ1) is 23.9. The fourth-order valence-electron chi connectivity index (χ4n) is 5.45. The molecule has 2 bridgehead atoms. The largest absolute Gasteiger partial charge is 0.467 e. The lowest BCUT2D eigenvalue weighted by Gasteiger charge is -2.21. The summed E-state index contributed by atoms with van der Waals surface area (Å²) in [4.78, 5) is 31.1. The average molecular weight is 570 g/mol. The van der Waals surface area contributed by atoms with Crippen LogP contribution >= 0.6 is 24.0 Å². The molecule has 33 heavy (non-hydrogen) atoms. The quantitative estimate of drug-likeness (QED) is 0.178. The number of rotatable bonds is 6. The first-order chi connectivity index (χ1) is 15.6. The molecule has 1 aromatic carbocycles. The van der Waals surface area contributed by atoms with Crippen LogP contribution in [0.4, 0.5) is 4.39 Å². The van der Waals surface area contributed by atoms with E-state index in [4.69, 9.17) is 9.47 Å². The van der Waals surface area contributed by atoms with Gasteiger partial charge in [-0.2, -0.15) is 0 Å². The summed E-state index contributed by atoms with van der Waals surface area (Å²) in [5.41, 5.74) is 1.48. The van der Waals surface area contributed by atoms with E-state index in [1.165, 1.54) is 17.0 Å². The summed E-state index contributed by atoms with van der Waals surface area (Å²) in [7, 11) is 1.65. The van der Waals surface area contributed by atoms with Crippen LogP contribution in [0.25, 0.3) is 0 Å². The third kappa shape index (κ3) is 4.46. The number of guanidine groups is 1. The molecule has 0 aromatic heterocycles. The number of nitrogens with one attached hydrogen (secondary N) is 2. The van der Waals surface area contributed by atoms with Gasteiger partial charge in [0.25, 0.3) is 0 Å². The van der Waals surface area contributed by atoms with E-state index in [0.717, 1.165) is 12.0 Å². The van der Waals surface area contributed by atoms with Gasteiger partial charge in [-0.15, -0.1) is 24.0 Å². The Kier molecular flexibility index (Phi) is 7.22. The maximum absolute atomic E-state index is 13.9. The van der Waals surface area contributed by atoms with Crippen LogP contribution in [0.2, 0.25) is 0 Å². The number of benzene rings is 1. The Morgan fingerprint density at radius 3 is 2.55 bits per heavy atom. The monoisotopic (exact) mass is 570 g/mol. The van der Waals surface area contributed by atoms with Crippen LogP contribution in [0.5, 0.6) is 5.75 Å². The number of amides is 2. The lowest BCUT2D eigenvalue weighted by Crippen LogP contribution is -2.44. The van der Waals surface area contributed by atoms with Crippen LogP contribution < -0.4 is 15.4 Å². The van der Waals surface area contributed by atoms with Gasteiger partial charge in [-0.1, -0.05) is 12.2 Å². The summed E-state index contributed by atoms with van der Waals surface area (Å²) >= 11 is 0. The molecule has 4 atom stereocenters. The van der Waals surface area contributed by atoms with E-state index in [2.05, 4.69) is 27.8 Å². The van der Waals surface area contributed by atoms with Gasteiger partial charge in [0.2, 0.25) is 11.8 Å². The van der Waals surface area contributed by atoms with Crippen molar-refractivity contribution in [2.75, 3.05) is 33.5 Å². The Morgan fingerprint density at radius 1 is 1.15 bits per heavy atom. The van der Waals surface area contributed by atoms with E-state index in [1.54, 1.807) is 7.05 Å². The van der Waals surface area contributed by atoms with E-state index in [1.807, 2.05) is 0 Å². The van der Waals surface area contributed by atoms with Gasteiger partial charge in [0.1, 0.15) is 11.6 Å². The second-order valence-electron chi connectivity index (χ2n) is 8.67. The van der Waals surface area contributed by atoms with Crippen molar-refractivity contribution in [3.63, 3.8) is 0 Å². The molecule has 10 heteroatoms. The third-order valence-corrected chi connectivity index (χ3v) is 6.85. The van der Waals surface area contributed by atoms with Crippen molar-refractivity contribution < 1.29 is 23.5 Å². The van der Waals surface area contributed by atoms with Gasteiger partial charge in [0.05, 0.1) is 18.4 Å². The molecule has 2 amide bonds. The molecule has 4 aliphatic rings. The zero-order chi connectivity index (χ0) is 22.2. The fourth-order valence-corrected chi connectivity index (χ4v) is 5.45. The highest BCUT2D eigenvalue weighted by atomic mass is 127. The fraction of sp³-hybridized carbons (Fsp3) is 0.522. The summed E-state index contributed by atoms with van der Waals surface area (Å²) in [6, 6.07) is 2.91. The summed E-state index contributed by atoms with van der Waals surface area (Å²) in [6.45, 7) is 1.74. The summed E-state index contributed by atoms with van der Waals surface area (Å²) in [5.74, 6) is 0.949. The molecule has 5 rings (SSSR count). The number of hydrogen-bond acceptors (Lipinski definition) is 5. The predicted molar refractivity (Wildman–Crippen MR) is 130 cm³/mol. The maximum Gasteiger partial charge on any atom is 0.233 e. The molecule has 8 nitrogen and oxygen atoms in total. The highest BCUT2D eigenvalue weighted by Crippen LogP contribution is 2.52. The standard InChI is InChI=1S/C23H27FN4O4.HI/c1-25-23(26-5-4-15-9-17(24)10-16-11-31-12-32-20(15)16)27-6-7-28-21(29)18-13-2-3-14(8-13)19(18)22(28)30;/h2-3,9-10,13-14,18-19H,4-8,11-12H2,1H3,(H2,25,26,27);1H. The molecule has 2 fully saturated rings. The van der Waals surface area contributed by atoms with Crippen molar-refractivity contribution >= 4 is 41.8 Å². The van der Waals surface area contributed by atoms with E-state index in [-0.39, 0.29) is 72.1 Å². The highest BCUT2D eigenvalue weighted by Gasteiger charge is 2.58. The second kappa shape index (κ2) is 9.96. The minimum Gasteiger partial charge on any atom is -0.467 e. The smallest absolute Gasteiger partial charge is 0.233 e. The zero-order valence-corrected chi connectivity index (χ0v) is 20.7. The lowest BCUT2D eigenvalue weighted by molar-refractivity contribution is -0.140. The molecule has 0 radical (unpaired) electrons. The number of nitrogens with zero attached hydrogens (tertiary/aromatic N) is 2. The van der Waals surface area contributed by atoms with Gasteiger partial charge >= 0.3 is 0 Å². The van der Waals surface area contributed by atoms with Crippen LogP contribution in [0, 0.1) is 29.5 Å². The molecule has 178 valence electrons. The van der Waals surface area contributed by atoms with Gasteiger partial charge in [-0.05, 0) is 42.4 Å². The SMILES string of the molecule is CN=C(NCCc1cc(F)cc2c1OCOC2)NCCN1C(=O)C2C3C=CC(C3)C2C1=O.I. The van der Waals surface area contributed by atoms with Crippen molar-refractivity contribution in [1.82, 2.24) is 15.5 Å². The van der Waals surface area contributed by atoms with Crippen LogP contribution in [0.1, 0.15) is 17.5 Å². The molecule has 1 saturated carbocycles. The summed E-state index contributed by atoms with van der Waals surface area (Å²) in [6.07, 6.45) is 5.67. The Morgan fingerprint density at radius 2 is 1.85 bits per heavy atom. The molecule has 2 N–H and O–H groups in total. The third-order valence-electron chi connectivity index (χ3n) is 6.85. The highest BCUT2D eigenvalue weighted by molar-refractivity contribution is 14.0. The number of imide groups is 1. The Labute approximate surface area is 209 Å². The van der Waals surface area contributed by atoms with Crippen LogP contribution in [0.15, 0.2) is 29.3 Å². The van der Waals surface area contributed by atoms with Gasteiger partial charge in [0, 0.05) is 32.2 Å². The van der Waals surface area contributed by atoms with Crippen molar-refractivity contribution in [2.45, 2.75) is 19.4 Å². The molecule has 0 spiro atoms. The molecule has 2 heterocycles. The van der Waals surface area contributed by atoms with Gasteiger partial charge in [-0.25, -0.2) is 4.39 Å². The number of carbonyl (C=O) groups excluding carboxylic acids is 2. The number of fused-ring (bicyclic) bond motifs is 6. The molecule has 2 aliphatic carbocycles. The molecular weight excluding hydrogens is 542 g/mol. The molecule has 1 aromatic rings. The number of aliphatic imine (C=N–C) groups is 1. The van der Waals surface area contributed by atoms with Crippen molar-refractivity contribution in [2.24, 2.45) is 28.7 Å². The van der Waals surface area contributed by atoms with Crippen molar-refractivity contribution in [3.8, 4) is 5.75 Å². The van der Waals surface area contributed by atoms with Gasteiger partial charge in [-0.3, -0.25) is 19.5 Å². The molecule has 2 aliphatic heterocycles.